The summed E-state index contributed by atoms with van der Waals surface area (Å²) in [6.45, 7) is 5.11. The second-order valence-corrected chi connectivity index (χ2v) is 9.45. The molecule has 32 heavy (non-hydrogen) atoms. The van der Waals surface area contributed by atoms with Gasteiger partial charge in [0.1, 0.15) is 5.75 Å². The summed E-state index contributed by atoms with van der Waals surface area (Å²) in [5.74, 6) is -1.12. The molecule has 6 nitrogen and oxygen atoms in total. The highest BCUT2D eigenvalue weighted by Gasteiger charge is 2.44. The molecule has 1 aliphatic rings. The number of halogens is 1. The van der Waals surface area contributed by atoms with Crippen LogP contribution in [0.1, 0.15) is 37.4 Å². The van der Waals surface area contributed by atoms with E-state index in [0.29, 0.717) is 17.9 Å². The van der Waals surface area contributed by atoms with Crippen molar-refractivity contribution < 1.29 is 24.3 Å². The number of hydrogen-bond acceptors (Lipinski definition) is 4. The number of carbonyl (C=O) groups excluding carboxylic acids is 2. The molecule has 3 rings (SSSR count). The van der Waals surface area contributed by atoms with E-state index in [2.05, 4.69) is 15.9 Å². The largest absolute Gasteiger partial charge is 0.872 e. The molecule has 2 aromatic carbocycles. The van der Waals surface area contributed by atoms with Crippen molar-refractivity contribution in [3.05, 3.63) is 69.7 Å². The molecule has 7 heteroatoms. The van der Waals surface area contributed by atoms with Gasteiger partial charge in [-0.1, -0.05) is 46.0 Å². The number of ether oxygens (including phenoxy) is 1. The number of nitrogens with zero attached hydrogens (tertiary/aromatic N) is 1. The summed E-state index contributed by atoms with van der Waals surface area (Å²) in [7, 11) is 4.08. The molecule has 1 heterocycles. The van der Waals surface area contributed by atoms with Gasteiger partial charge in [0.05, 0.1) is 32.8 Å². The Bertz CT molecular complexity index is 1010. The summed E-state index contributed by atoms with van der Waals surface area (Å²) in [5.41, 5.74) is 1.10. The second-order valence-electron chi connectivity index (χ2n) is 8.53. The second kappa shape index (κ2) is 10.3. The Hall–Kier alpha value is -2.64. The van der Waals surface area contributed by atoms with Crippen molar-refractivity contribution in [1.82, 2.24) is 4.90 Å². The summed E-state index contributed by atoms with van der Waals surface area (Å²) in [4.78, 5) is 28.7. The minimum atomic E-state index is -0.723. The van der Waals surface area contributed by atoms with E-state index in [4.69, 9.17) is 4.74 Å². The van der Waals surface area contributed by atoms with Crippen molar-refractivity contribution in [3.63, 3.8) is 0 Å². The van der Waals surface area contributed by atoms with Gasteiger partial charge >= 0.3 is 0 Å². The van der Waals surface area contributed by atoms with Crippen molar-refractivity contribution in [2.24, 2.45) is 0 Å². The highest BCUT2D eigenvalue weighted by Crippen LogP contribution is 2.39. The minimum absolute atomic E-state index is 0.00262. The molecular formula is C25H29BrN2O4. The lowest BCUT2D eigenvalue weighted by Gasteiger charge is -2.28. The third-order valence-corrected chi connectivity index (χ3v) is 5.75. The van der Waals surface area contributed by atoms with Gasteiger partial charge in [0.2, 0.25) is 5.78 Å². The van der Waals surface area contributed by atoms with E-state index in [9.17, 15) is 14.7 Å². The molecule has 1 unspecified atom stereocenters. The van der Waals surface area contributed by atoms with E-state index < -0.39 is 23.5 Å². The van der Waals surface area contributed by atoms with Crippen molar-refractivity contribution in [2.45, 2.75) is 32.4 Å². The Labute approximate surface area is 197 Å². The molecule has 1 N–H and O–H groups in total. The van der Waals surface area contributed by atoms with E-state index in [1.54, 1.807) is 24.3 Å². The molecule has 2 aromatic rings. The number of carbonyl (C=O) groups is 2. The lowest BCUT2D eigenvalue weighted by Crippen LogP contribution is -3.05. The summed E-state index contributed by atoms with van der Waals surface area (Å²) in [5, 5.41) is 13.4. The minimum Gasteiger partial charge on any atom is -0.872 e. The first-order valence-electron chi connectivity index (χ1n) is 10.8. The summed E-state index contributed by atoms with van der Waals surface area (Å²) in [6.07, 6.45) is 0.743. The smallest absolute Gasteiger partial charge is 0.295 e. The lowest BCUT2D eigenvalue weighted by atomic mass is 9.95. The summed E-state index contributed by atoms with van der Waals surface area (Å²) in [6, 6.07) is 13.4. The average molecular weight is 501 g/mol. The van der Waals surface area contributed by atoms with E-state index in [-0.39, 0.29) is 11.7 Å². The lowest BCUT2D eigenvalue weighted by molar-refractivity contribution is -0.858. The van der Waals surface area contributed by atoms with Gasteiger partial charge in [-0.3, -0.25) is 9.59 Å². The highest BCUT2D eigenvalue weighted by atomic mass is 79.9. The number of ketones is 1. The van der Waals surface area contributed by atoms with E-state index in [0.717, 1.165) is 23.0 Å². The van der Waals surface area contributed by atoms with Crippen LogP contribution in [0, 0.1) is 0 Å². The van der Waals surface area contributed by atoms with Crippen molar-refractivity contribution in [2.75, 3.05) is 27.2 Å². The molecule has 0 saturated carbocycles. The van der Waals surface area contributed by atoms with Crippen LogP contribution in [0.4, 0.5) is 0 Å². The number of Topliss-reactive ketones (excluding diaryl/α,β-unsaturated/α-hetero) is 1. The van der Waals surface area contributed by atoms with Gasteiger partial charge in [-0.2, -0.15) is 0 Å². The third kappa shape index (κ3) is 5.40. The van der Waals surface area contributed by atoms with Gasteiger partial charge in [-0.05, 0) is 49.2 Å². The normalized spacial score (nSPS) is 18.1. The predicted octanol–water partition coefficient (Wildman–Crippen LogP) is 1.99. The average Bonchev–Trinajstić information content (AvgIpc) is 2.98. The molecule has 170 valence electrons. The highest BCUT2D eigenvalue weighted by molar-refractivity contribution is 9.10. The van der Waals surface area contributed by atoms with Gasteiger partial charge in [0.25, 0.3) is 5.91 Å². The maximum atomic E-state index is 13.4. The summed E-state index contributed by atoms with van der Waals surface area (Å²) < 4.78 is 6.46. The Kier molecular flexibility index (Phi) is 7.74. The Morgan fingerprint density at radius 3 is 2.44 bits per heavy atom. The van der Waals surface area contributed by atoms with Gasteiger partial charge < -0.3 is 19.6 Å². The number of likely N-dealkylation sites (tertiary alicyclic amines) is 1. The number of nitrogens with one attached hydrogen (secondary N) is 1. The van der Waals surface area contributed by atoms with Crippen molar-refractivity contribution >= 4 is 33.4 Å². The van der Waals surface area contributed by atoms with Crippen LogP contribution in [-0.2, 0) is 9.59 Å². The zero-order valence-electron chi connectivity index (χ0n) is 18.9. The molecule has 1 fully saturated rings. The molecule has 1 aliphatic heterocycles. The van der Waals surface area contributed by atoms with Crippen LogP contribution in [0.2, 0.25) is 0 Å². The number of benzene rings is 2. The SMILES string of the molecule is CC(C)Oc1ccc(C([O-])=C2C(=O)C(=O)N(CCC[NH+](C)C)C2c2cccc(Br)c2)cc1. The van der Waals surface area contributed by atoms with E-state index in [1.807, 2.05) is 52.2 Å². The molecule has 0 radical (unpaired) electrons. The van der Waals surface area contributed by atoms with Crippen molar-refractivity contribution in [3.8, 4) is 5.75 Å². The Morgan fingerprint density at radius 1 is 1.16 bits per heavy atom. The van der Waals surface area contributed by atoms with Gasteiger partial charge in [-0.25, -0.2) is 0 Å². The topological polar surface area (TPSA) is 74.1 Å². The first-order chi connectivity index (χ1) is 15.2. The molecule has 1 saturated heterocycles. The summed E-state index contributed by atoms with van der Waals surface area (Å²) >= 11 is 3.46. The standard InChI is InChI=1S/C25H29BrN2O4/c1-16(2)32-20-11-9-17(10-12-20)23(29)21-22(18-7-5-8-19(26)15-18)28(25(31)24(21)30)14-6-13-27(3)4/h5,7-12,15-16,22,29H,6,13-14H2,1-4H3. The molecular weight excluding hydrogens is 472 g/mol. The van der Waals surface area contributed by atoms with Crippen LogP contribution in [0.25, 0.3) is 5.76 Å². The number of hydrogen-bond donors (Lipinski definition) is 1. The van der Waals surface area contributed by atoms with Crippen LogP contribution in [0.3, 0.4) is 0 Å². The number of quaternary nitrogens is 1. The number of amides is 1. The quantitative estimate of drug-likeness (QED) is 0.341. The zero-order chi connectivity index (χ0) is 23.4. The maximum Gasteiger partial charge on any atom is 0.295 e. The number of rotatable bonds is 8. The van der Waals surface area contributed by atoms with Crippen LogP contribution in [0.5, 0.6) is 5.75 Å². The molecule has 0 aromatic heterocycles. The first kappa shape index (κ1) is 24.0. The molecule has 0 spiro atoms. The Balaban J connectivity index is 2.04. The Morgan fingerprint density at radius 2 is 1.84 bits per heavy atom. The maximum absolute atomic E-state index is 13.4. The third-order valence-electron chi connectivity index (χ3n) is 5.26. The van der Waals surface area contributed by atoms with Crippen LogP contribution >= 0.6 is 15.9 Å². The van der Waals surface area contributed by atoms with Crippen LogP contribution in [-0.4, -0.2) is 49.9 Å². The fourth-order valence-electron chi connectivity index (χ4n) is 3.84. The first-order valence-corrected chi connectivity index (χ1v) is 11.6. The van der Waals surface area contributed by atoms with Crippen molar-refractivity contribution in [1.29, 1.82) is 0 Å². The molecule has 0 bridgehead atoms. The van der Waals surface area contributed by atoms with E-state index in [1.165, 1.54) is 9.80 Å². The van der Waals surface area contributed by atoms with E-state index >= 15 is 0 Å². The monoisotopic (exact) mass is 500 g/mol. The molecule has 1 amide bonds. The fourth-order valence-corrected chi connectivity index (χ4v) is 4.26. The van der Waals surface area contributed by atoms with Crippen LogP contribution in [0.15, 0.2) is 58.6 Å². The fraction of sp³-hybridized carbons (Fsp3) is 0.360. The van der Waals surface area contributed by atoms with Gasteiger partial charge in [0.15, 0.2) is 0 Å². The van der Waals surface area contributed by atoms with Gasteiger partial charge in [0, 0.05) is 23.0 Å². The molecule has 0 aliphatic carbocycles. The molecule has 1 atom stereocenters. The van der Waals surface area contributed by atoms with Crippen LogP contribution < -0.4 is 14.7 Å². The predicted molar refractivity (Wildman–Crippen MR) is 125 cm³/mol. The zero-order valence-corrected chi connectivity index (χ0v) is 20.4. The van der Waals surface area contributed by atoms with Gasteiger partial charge in [-0.15, -0.1) is 0 Å².